The number of carbonyl (C=O) groups is 5. The quantitative estimate of drug-likeness (QED) is 0.0611. The third kappa shape index (κ3) is 8.19. The molecule has 14 heteroatoms. The molecule has 1 spiro atoms. The number of nitrogens with zero attached hydrogens (tertiary/aromatic N) is 2. The molecule has 330 valence electrons. The molecular weight excluding hydrogens is 825 g/mol. The average Bonchev–Trinajstić information content (AvgIpc) is 3.78. The molecule has 7 atom stereocenters. The number of nitrogens with one attached hydrogen (secondary N) is 3. The van der Waals surface area contributed by atoms with Gasteiger partial charge in [0.1, 0.15) is 29.9 Å². The molecule has 0 aliphatic carbocycles. The van der Waals surface area contributed by atoms with Crippen LogP contribution in [0.25, 0.3) is 0 Å². The SMILES string of the molecule is C=CCNC(=O)[C@@H]1[C@H]2C(=O)O[C@H](c3ccccc3)[C@H](c3ccccc3)N2[C@H](c2ccc(OCCO)cc2)[C@@]12C(=O)N(C(=O)N[C@H](C)c1ccccc1)c1ccc(C#CCNC(N)=O)cc12. The number of nitrogens with two attached hydrogens (primary N) is 1. The van der Waals surface area contributed by atoms with Crippen molar-refractivity contribution in [1.82, 2.24) is 20.9 Å². The van der Waals surface area contributed by atoms with Crippen LogP contribution in [0.1, 0.15) is 64.5 Å². The summed E-state index contributed by atoms with van der Waals surface area (Å²) in [5.74, 6) is 2.71. The molecule has 3 heterocycles. The predicted molar refractivity (Wildman–Crippen MR) is 242 cm³/mol. The van der Waals surface area contributed by atoms with Gasteiger partial charge in [-0.1, -0.05) is 121 Å². The molecule has 3 aliphatic heterocycles. The summed E-state index contributed by atoms with van der Waals surface area (Å²) in [4.78, 5) is 76.2. The van der Waals surface area contributed by atoms with E-state index in [1.807, 2.05) is 95.9 Å². The van der Waals surface area contributed by atoms with Gasteiger partial charge in [-0.3, -0.25) is 19.3 Å². The zero-order valence-corrected chi connectivity index (χ0v) is 35.6. The first-order chi connectivity index (χ1) is 31.6. The Balaban J connectivity index is 1.43. The summed E-state index contributed by atoms with van der Waals surface area (Å²) in [5, 5.41) is 17.9. The minimum absolute atomic E-state index is 0.00170. The number of imide groups is 1. The van der Waals surface area contributed by atoms with Crippen molar-refractivity contribution in [3.8, 4) is 17.6 Å². The maximum atomic E-state index is 16.4. The van der Waals surface area contributed by atoms with E-state index in [-0.39, 0.29) is 37.6 Å². The van der Waals surface area contributed by atoms with Crippen molar-refractivity contribution in [1.29, 1.82) is 0 Å². The second-order valence-corrected chi connectivity index (χ2v) is 15.9. The van der Waals surface area contributed by atoms with Gasteiger partial charge < -0.3 is 36.3 Å². The Morgan fingerprint density at radius 2 is 1.54 bits per heavy atom. The van der Waals surface area contributed by atoms with Gasteiger partial charge in [0.2, 0.25) is 11.8 Å². The second kappa shape index (κ2) is 18.9. The monoisotopic (exact) mass is 872 g/mol. The number of ether oxygens (including phenoxy) is 2. The number of hydrogen-bond acceptors (Lipinski definition) is 9. The number of aliphatic hydroxyl groups is 1. The highest BCUT2D eigenvalue weighted by atomic mass is 16.6. The largest absolute Gasteiger partial charge is 0.491 e. The number of urea groups is 2. The van der Waals surface area contributed by atoms with Crippen LogP contribution in [0.5, 0.6) is 5.75 Å². The van der Waals surface area contributed by atoms with Gasteiger partial charge in [-0.25, -0.2) is 14.5 Å². The molecule has 0 bridgehead atoms. The van der Waals surface area contributed by atoms with Crippen LogP contribution >= 0.6 is 0 Å². The normalized spacial score (nSPS) is 22.4. The summed E-state index contributed by atoms with van der Waals surface area (Å²) in [6, 6.07) is 34.5. The highest BCUT2D eigenvalue weighted by Gasteiger charge is 2.75. The molecule has 14 nitrogen and oxygen atoms in total. The Morgan fingerprint density at radius 1 is 0.877 bits per heavy atom. The summed E-state index contributed by atoms with van der Waals surface area (Å²) >= 11 is 0. The van der Waals surface area contributed by atoms with Gasteiger partial charge in [0.05, 0.1) is 42.9 Å². The summed E-state index contributed by atoms with van der Waals surface area (Å²) in [6.45, 7) is 5.34. The van der Waals surface area contributed by atoms with E-state index in [4.69, 9.17) is 15.2 Å². The van der Waals surface area contributed by atoms with Crippen molar-refractivity contribution in [3.63, 3.8) is 0 Å². The number of carbonyl (C=O) groups excluding carboxylic acids is 5. The Kier molecular flexibility index (Phi) is 12.8. The van der Waals surface area contributed by atoms with Gasteiger partial charge in [-0.15, -0.1) is 6.58 Å². The Bertz CT molecular complexity index is 2650. The van der Waals surface area contributed by atoms with Crippen LogP contribution in [0.15, 0.2) is 146 Å². The lowest BCUT2D eigenvalue weighted by atomic mass is 9.65. The van der Waals surface area contributed by atoms with Crippen LogP contribution in [-0.4, -0.2) is 72.2 Å². The van der Waals surface area contributed by atoms with E-state index in [9.17, 15) is 14.7 Å². The van der Waals surface area contributed by atoms with E-state index < -0.39 is 71.5 Å². The molecular formula is C51H48N6O8. The minimum atomic E-state index is -2.02. The minimum Gasteiger partial charge on any atom is -0.491 e. The predicted octanol–water partition coefficient (Wildman–Crippen LogP) is 5.52. The number of morpholine rings is 1. The van der Waals surface area contributed by atoms with E-state index >= 15 is 14.4 Å². The van der Waals surface area contributed by atoms with Crippen LogP contribution in [0.2, 0.25) is 0 Å². The van der Waals surface area contributed by atoms with Crippen molar-refractivity contribution < 1.29 is 38.6 Å². The summed E-state index contributed by atoms with van der Waals surface area (Å²) in [5.41, 5.74) is 6.88. The van der Waals surface area contributed by atoms with Crippen molar-refractivity contribution in [2.24, 2.45) is 11.7 Å². The van der Waals surface area contributed by atoms with E-state index in [1.165, 1.54) is 6.08 Å². The number of rotatable bonds is 12. The Hall–Kier alpha value is -7.73. The first kappa shape index (κ1) is 43.9. The van der Waals surface area contributed by atoms with Gasteiger partial charge in [0, 0.05) is 12.1 Å². The number of esters is 1. The molecule has 0 saturated carbocycles. The maximum absolute atomic E-state index is 16.4. The molecule has 8 rings (SSSR count). The molecule has 0 unspecified atom stereocenters. The number of primary amides is 1. The molecule has 5 aromatic carbocycles. The molecule has 5 aromatic rings. The molecule has 65 heavy (non-hydrogen) atoms. The van der Waals surface area contributed by atoms with Crippen LogP contribution in [-0.2, 0) is 24.5 Å². The number of cyclic esters (lactones) is 1. The number of aliphatic hydroxyl groups excluding tert-OH is 1. The molecule has 6 N–H and O–H groups in total. The van der Waals surface area contributed by atoms with Gasteiger partial charge in [0.15, 0.2) is 0 Å². The summed E-state index contributed by atoms with van der Waals surface area (Å²) < 4.78 is 12.3. The Morgan fingerprint density at radius 3 is 2.18 bits per heavy atom. The lowest BCUT2D eigenvalue weighted by molar-refractivity contribution is -0.178. The van der Waals surface area contributed by atoms with Crippen LogP contribution in [0.3, 0.4) is 0 Å². The summed E-state index contributed by atoms with van der Waals surface area (Å²) in [7, 11) is 0. The van der Waals surface area contributed by atoms with Crippen molar-refractivity contribution >= 4 is 35.5 Å². The number of fused-ring (bicyclic) bond motifs is 3. The maximum Gasteiger partial charge on any atom is 0.329 e. The lowest BCUT2D eigenvalue weighted by Gasteiger charge is -2.46. The standard InChI is InChI=1S/C51H48N6O8/c1-3-27-53-46(59)41-43-47(60)65-44(36-19-11-6-12-20-36)42(35-17-9-5-10-18-35)57(43)45(37-22-24-38(25-23-37)64-30-29-58)51(41)39-31-33(14-13-28-54-49(52)62)21-26-40(39)56(48(51)61)50(63)55-32(2)34-15-7-4-8-16-34/h3-12,15-26,31-32,41-45,58H,1,27-30H2,2H3,(H,53,59)(H,55,63)(H3,52,54,62)/t32-,41+,42+,43+,44-,45-,51+/m1/s1. The smallest absolute Gasteiger partial charge is 0.329 e. The van der Waals surface area contributed by atoms with Gasteiger partial charge in [-0.05, 0) is 65.1 Å². The molecule has 2 fully saturated rings. The topological polar surface area (TPSA) is 193 Å². The van der Waals surface area contributed by atoms with Crippen molar-refractivity contribution in [3.05, 3.63) is 179 Å². The fourth-order valence-corrected chi connectivity index (χ4v) is 9.53. The highest BCUT2D eigenvalue weighted by Crippen LogP contribution is 2.66. The highest BCUT2D eigenvalue weighted by molar-refractivity contribution is 6.24. The third-order valence-electron chi connectivity index (χ3n) is 12.1. The zero-order chi connectivity index (χ0) is 45.7. The lowest BCUT2D eigenvalue weighted by Crippen LogP contribution is -2.56. The van der Waals surface area contributed by atoms with Crippen LogP contribution < -0.4 is 31.3 Å². The Labute approximate surface area is 376 Å². The molecule has 0 aromatic heterocycles. The van der Waals surface area contributed by atoms with Gasteiger partial charge in [-0.2, -0.15) is 0 Å². The molecule has 3 aliphatic rings. The first-order valence-corrected chi connectivity index (χ1v) is 21.3. The fourth-order valence-electron chi connectivity index (χ4n) is 9.53. The van der Waals surface area contributed by atoms with Crippen LogP contribution in [0.4, 0.5) is 15.3 Å². The molecule has 0 radical (unpaired) electrons. The second-order valence-electron chi connectivity index (χ2n) is 15.9. The van der Waals surface area contributed by atoms with E-state index in [1.54, 1.807) is 49.4 Å². The number of amides is 6. The third-order valence-corrected chi connectivity index (χ3v) is 12.1. The molecule has 2 saturated heterocycles. The van der Waals surface area contributed by atoms with E-state index in [0.29, 0.717) is 22.4 Å². The fraction of sp³-hybridized carbons (Fsp3) is 0.235. The number of benzene rings is 5. The number of hydrogen-bond donors (Lipinski definition) is 5. The van der Waals surface area contributed by atoms with Gasteiger partial charge >= 0.3 is 18.0 Å². The number of anilines is 1. The summed E-state index contributed by atoms with van der Waals surface area (Å²) in [6.07, 6.45) is 0.585. The van der Waals surface area contributed by atoms with Crippen molar-refractivity contribution in [2.75, 3.05) is 31.2 Å². The van der Waals surface area contributed by atoms with Crippen LogP contribution in [0, 0.1) is 17.8 Å². The van der Waals surface area contributed by atoms with E-state index in [0.717, 1.165) is 16.0 Å². The van der Waals surface area contributed by atoms with Crippen molar-refractivity contribution in [2.45, 2.75) is 42.6 Å². The van der Waals surface area contributed by atoms with E-state index in [2.05, 4.69) is 34.4 Å². The molecule has 6 amide bonds. The average molecular weight is 873 g/mol. The first-order valence-electron chi connectivity index (χ1n) is 21.3. The van der Waals surface area contributed by atoms with Gasteiger partial charge in [0.25, 0.3) is 0 Å². The zero-order valence-electron chi connectivity index (χ0n) is 35.6.